The van der Waals surface area contributed by atoms with Crippen molar-refractivity contribution in [1.82, 2.24) is 14.9 Å². The Morgan fingerprint density at radius 3 is 2.68 bits per heavy atom. The van der Waals surface area contributed by atoms with Gasteiger partial charge < -0.3 is 9.88 Å². The lowest BCUT2D eigenvalue weighted by Crippen LogP contribution is -2.31. The van der Waals surface area contributed by atoms with Gasteiger partial charge in [0.15, 0.2) is 0 Å². The van der Waals surface area contributed by atoms with Crippen LogP contribution in [0.2, 0.25) is 0 Å². The van der Waals surface area contributed by atoms with Crippen LogP contribution in [0.3, 0.4) is 0 Å². The van der Waals surface area contributed by atoms with Crippen molar-refractivity contribution >= 4 is 32.9 Å². The number of imidazole rings is 1. The van der Waals surface area contributed by atoms with Crippen LogP contribution < -0.4 is 5.32 Å². The van der Waals surface area contributed by atoms with E-state index in [4.69, 9.17) is 4.98 Å². The van der Waals surface area contributed by atoms with E-state index in [0.29, 0.717) is 6.54 Å². The van der Waals surface area contributed by atoms with Crippen LogP contribution in [0.5, 0.6) is 0 Å². The summed E-state index contributed by atoms with van der Waals surface area (Å²) in [6, 6.07) is 16.7. The van der Waals surface area contributed by atoms with Gasteiger partial charge in [0.2, 0.25) is 5.91 Å². The molecule has 0 saturated heterocycles. The number of amides is 1. The summed E-state index contributed by atoms with van der Waals surface area (Å²) in [5.41, 5.74) is 3.41. The molecule has 3 aromatic rings. The van der Waals surface area contributed by atoms with Gasteiger partial charge in [-0.3, -0.25) is 4.79 Å². The Morgan fingerprint density at radius 1 is 1.14 bits per heavy atom. The summed E-state index contributed by atoms with van der Waals surface area (Å²) in [5, 5.41) is 3.08. The van der Waals surface area contributed by atoms with Gasteiger partial charge in [0.1, 0.15) is 5.82 Å². The molecular weight excluding hydrogens is 414 g/mol. The van der Waals surface area contributed by atoms with Gasteiger partial charge in [-0.25, -0.2) is 4.98 Å². The number of aryl methyl sites for hydroxylation is 1. The minimum absolute atomic E-state index is 0.126. The molecule has 0 fully saturated rings. The third-order valence-corrected chi connectivity index (χ3v) is 5.69. The fraction of sp³-hybridized carbons (Fsp3) is 0.391. The molecule has 0 spiro atoms. The van der Waals surface area contributed by atoms with Gasteiger partial charge in [-0.05, 0) is 49.1 Å². The van der Waals surface area contributed by atoms with Crippen molar-refractivity contribution in [3.05, 3.63) is 64.4 Å². The Kier molecular flexibility index (Phi) is 7.26. The first-order valence-corrected chi connectivity index (χ1v) is 10.9. The maximum absolute atomic E-state index is 12.2. The average molecular weight is 442 g/mol. The lowest BCUT2D eigenvalue weighted by Gasteiger charge is -2.13. The number of aromatic nitrogens is 2. The number of carbonyl (C=O) groups excluding carboxylic acids is 1. The fourth-order valence-electron chi connectivity index (χ4n) is 3.57. The maximum Gasteiger partial charge on any atom is 0.223 e. The predicted octanol–water partition coefficient (Wildman–Crippen LogP) is 5.33. The number of benzene rings is 2. The summed E-state index contributed by atoms with van der Waals surface area (Å²) < 4.78 is 3.37. The molecular formula is C23H28BrN3O. The summed E-state index contributed by atoms with van der Waals surface area (Å²) in [5.74, 6) is 1.37. The molecule has 1 amide bonds. The minimum Gasteiger partial charge on any atom is -0.356 e. The van der Waals surface area contributed by atoms with Crippen molar-refractivity contribution in [2.75, 3.05) is 6.54 Å². The molecule has 148 valence electrons. The first-order valence-electron chi connectivity index (χ1n) is 10.1. The third-order valence-electron chi connectivity index (χ3n) is 5.20. The van der Waals surface area contributed by atoms with E-state index in [1.807, 2.05) is 12.1 Å². The van der Waals surface area contributed by atoms with Gasteiger partial charge in [0.25, 0.3) is 0 Å². The molecule has 0 unspecified atom stereocenters. The molecule has 0 aliphatic rings. The average Bonchev–Trinajstić information content (AvgIpc) is 3.04. The highest BCUT2D eigenvalue weighted by molar-refractivity contribution is 9.10. The molecule has 28 heavy (non-hydrogen) atoms. The largest absolute Gasteiger partial charge is 0.356 e. The van der Waals surface area contributed by atoms with Crippen LogP contribution in [0, 0.1) is 5.92 Å². The van der Waals surface area contributed by atoms with Crippen LogP contribution in [0.25, 0.3) is 11.0 Å². The Bertz CT molecular complexity index is 930. The highest BCUT2D eigenvalue weighted by Gasteiger charge is 2.14. The highest BCUT2D eigenvalue weighted by atomic mass is 79.9. The summed E-state index contributed by atoms with van der Waals surface area (Å²) in [4.78, 5) is 17.0. The molecule has 4 nitrogen and oxygen atoms in total. The van der Waals surface area contributed by atoms with Crippen LogP contribution in [0.15, 0.2) is 53.0 Å². The normalized spacial score (nSPS) is 11.3. The van der Waals surface area contributed by atoms with Crippen LogP contribution in [0.1, 0.15) is 44.5 Å². The third kappa shape index (κ3) is 5.02. The molecule has 0 aliphatic carbocycles. The van der Waals surface area contributed by atoms with Crippen LogP contribution >= 0.6 is 15.9 Å². The molecule has 0 saturated carbocycles. The van der Waals surface area contributed by atoms with Crippen molar-refractivity contribution in [1.29, 1.82) is 0 Å². The van der Waals surface area contributed by atoms with Gasteiger partial charge in [0.05, 0.1) is 11.0 Å². The van der Waals surface area contributed by atoms with Gasteiger partial charge >= 0.3 is 0 Å². The summed E-state index contributed by atoms with van der Waals surface area (Å²) >= 11 is 3.56. The molecule has 0 bridgehead atoms. The van der Waals surface area contributed by atoms with Gasteiger partial charge in [-0.1, -0.05) is 54.0 Å². The van der Waals surface area contributed by atoms with Crippen molar-refractivity contribution < 1.29 is 4.79 Å². The number of nitrogens with one attached hydrogen (secondary N) is 1. The Morgan fingerprint density at radius 2 is 1.93 bits per heavy atom. The zero-order valence-corrected chi connectivity index (χ0v) is 18.2. The van der Waals surface area contributed by atoms with Crippen molar-refractivity contribution in [3.8, 4) is 0 Å². The zero-order valence-electron chi connectivity index (χ0n) is 16.6. The van der Waals surface area contributed by atoms with E-state index in [-0.39, 0.29) is 11.8 Å². The number of nitrogens with zero attached hydrogens (tertiary/aromatic N) is 2. The van der Waals surface area contributed by atoms with Crippen LogP contribution in [0.4, 0.5) is 0 Å². The smallest absolute Gasteiger partial charge is 0.223 e. The van der Waals surface area contributed by atoms with E-state index in [0.717, 1.165) is 53.6 Å². The Hall–Kier alpha value is -2.14. The standard InChI is InChI=1S/C23H28BrN3O/c1-3-18(4-2)23(28)25-14-8-13-22-26-20-11-5-6-12-21(20)27(22)16-17-9-7-10-19(24)15-17/h5-7,9-12,15,18H,3-4,8,13-14,16H2,1-2H3,(H,25,28). The second-order valence-corrected chi connectivity index (χ2v) is 8.06. The van der Waals surface area contributed by atoms with E-state index in [2.05, 4.69) is 76.1 Å². The molecule has 1 N–H and O–H groups in total. The topological polar surface area (TPSA) is 46.9 Å². The number of hydrogen-bond acceptors (Lipinski definition) is 2. The first kappa shape index (κ1) is 20.6. The summed E-state index contributed by atoms with van der Waals surface area (Å²) in [6.45, 7) is 5.61. The van der Waals surface area contributed by atoms with E-state index >= 15 is 0 Å². The molecule has 5 heteroatoms. The van der Waals surface area contributed by atoms with Crippen LogP contribution in [-0.4, -0.2) is 22.0 Å². The monoisotopic (exact) mass is 441 g/mol. The SMILES string of the molecule is CCC(CC)C(=O)NCCCc1nc2ccccc2n1Cc1cccc(Br)c1. The quantitative estimate of drug-likeness (QED) is 0.455. The number of halogens is 1. The Balaban J connectivity index is 1.71. The molecule has 1 aromatic heterocycles. The highest BCUT2D eigenvalue weighted by Crippen LogP contribution is 2.20. The van der Waals surface area contributed by atoms with Crippen molar-refractivity contribution in [2.24, 2.45) is 5.92 Å². The van der Waals surface area contributed by atoms with Gasteiger partial charge in [-0.15, -0.1) is 0 Å². The summed E-state index contributed by atoms with van der Waals surface area (Å²) in [6.07, 6.45) is 3.51. The summed E-state index contributed by atoms with van der Waals surface area (Å²) in [7, 11) is 0. The Labute approximate surface area is 175 Å². The zero-order chi connectivity index (χ0) is 19.9. The predicted molar refractivity (Wildman–Crippen MR) is 118 cm³/mol. The number of hydrogen-bond donors (Lipinski definition) is 1. The number of fused-ring (bicyclic) bond motifs is 1. The number of carbonyl (C=O) groups is 1. The van der Waals surface area contributed by atoms with E-state index in [9.17, 15) is 4.79 Å². The minimum atomic E-state index is 0.126. The molecule has 3 rings (SSSR count). The fourth-order valence-corrected chi connectivity index (χ4v) is 4.02. The number of para-hydroxylation sites is 2. The van der Waals surface area contributed by atoms with E-state index < -0.39 is 0 Å². The van der Waals surface area contributed by atoms with Gasteiger partial charge in [-0.2, -0.15) is 0 Å². The van der Waals surface area contributed by atoms with E-state index in [1.165, 1.54) is 5.56 Å². The van der Waals surface area contributed by atoms with Crippen molar-refractivity contribution in [3.63, 3.8) is 0 Å². The first-order chi connectivity index (χ1) is 13.6. The van der Waals surface area contributed by atoms with E-state index in [1.54, 1.807) is 0 Å². The molecule has 0 atom stereocenters. The second-order valence-electron chi connectivity index (χ2n) is 7.14. The number of rotatable bonds is 9. The molecule has 0 aliphatic heterocycles. The van der Waals surface area contributed by atoms with Gasteiger partial charge in [0, 0.05) is 29.9 Å². The molecule has 1 heterocycles. The lowest BCUT2D eigenvalue weighted by molar-refractivity contribution is -0.125. The molecule has 2 aromatic carbocycles. The molecule has 0 radical (unpaired) electrons. The lowest BCUT2D eigenvalue weighted by atomic mass is 10.0. The maximum atomic E-state index is 12.2. The van der Waals surface area contributed by atoms with Crippen molar-refractivity contribution in [2.45, 2.75) is 46.1 Å². The van der Waals surface area contributed by atoms with Crippen LogP contribution in [-0.2, 0) is 17.8 Å². The second kappa shape index (κ2) is 9.87.